The molecule has 0 heterocycles. The Bertz CT molecular complexity index is 1000. The van der Waals surface area contributed by atoms with Gasteiger partial charge in [-0.15, -0.1) is 0 Å². The molecule has 0 fully saturated rings. The highest BCUT2D eigenvalue weighted by Crippen LogP contribution is 2.17. The van der Waals surface area contributed by atoms with Gasteiger partial charge in [0, 0.05) is 12.8 Å². The minimum absolute atomic E-state index is 0.153. The Morgan fingerprint density at radius 2 is 0.714 bits per heavy atom. The molecule has 0 aliphatic rings. The van der Waals surface area contributed by atoms with E-state index in [1.54, 1.807) is 0 Å². The number of unbranched alkanes of at least 4 members (excludes halogenated alkanes) is 36. The lowest BCUT2D eigenvalue weighted by Crippen LogP contribution is -2.44. The van der Waals surface area contributed by atoms with Crippen LogP contribution in [-0.2, 0) is 33.3 Å². The van der Waals surface area contributed by atoms with Crippen molar-refractivity contribution in [2.45, 2.75) is 283 Å². The van der Waals surface area contributed by atoms with Crippen molar-refractivity contribution in [3.63, 3.8) is 0 Å². The standard InChI is InChI=1S/C54H105NO8/c1-6-8-10-12-14-16-18-19-20-21-22-23-24-25-26-27-28-29-30-31-32-33-35-37-39-41-43-45-52(57)63-50(49-62-54(53(58)59)60-47-46-55(3,4)5)48-61-51(56)44-42-40-38-36-34-17-15-13-11-9-7-2/h50,54H,6-49H2,1-5H3. The number of carboxylic acid groups (broad SMARTS) is 1. The molecule has 9 nitrogen and oxygen atoms in total. The lowest BCUT2D eigenvalue weighted by molar-refractivity contribution is -0.870. The van der Waals surface area contributed by atoms with Gasteiger partial charge in [0.25, 0.3) is 0 Å². The molecule has 0 saturated carbocycles. The largest absolute Gasteiger partial charge is 0.545 e. The number of ether oxygens (including phenoxy) is 4. The molecule has 9 heteroatoms. The number of hydrogen-bond acceptors (Lipinski definition) is 8. The first-order valence-electron chi connectivity index (χ1n) is 27.2. The summed E-state index contributed by atoms with van der Waals surface area (Å²) in [5.74, 6) is -2.26. The first kappa shape index (κ1) is 61.3. The Kier molecular flexibility index (Phi) is 45.5. The number of esters is 2. The van der Waals surface area contributed by atoms with Crippen molar-refractivity contribution in [3.05, 3.63) is 0 Å². The van der Waals surface area contributed by atoms with Gasteiger partial charge < -0.3 is 33.3 Å². The molecule has 0 aromatic rings. The normalized spacial score (nSPS) is 12.7. The molecule has 2 atom stereocenters. The Labute approximate surface area is 390 Å². The van der Waals surface area contributed by atoms with Gasteiger partial charge in [-0.25, -0.2) is 0 Å². The molecule has 0 radical (unpaired) electrons. The summed E-state index contributed by atoms with van der Waals surface area (Å²) in [6.07, 6.45) is 47.3. The topological polar surface area (TPSA) is 111 Å². The number of carbonyl (C=O) groups is 3. The Balaban J connectivity index is 4.10. The van der Waals surface area contributed by atoms with Crippen LogP contribution in [0.5, 0.6) is 0 Å². The molecule has 0 amide bonds. The van der Waals surface area contributed by atoms with Gasteiger partial charge >= 0.3 is 11.9 Å². The molecule has 0 aromatic carbocycles. The van der Waals surface area contributed by atoms with Crippen molar-refractivity contribution >= 4 is 17.9 Å². The highest BCUT2D eigenvalue weighted by atomic mass is 16.7. The van der Waals surface area contributed by atoms with Crippen LogP contribution in [0, 0.1) is 0 Å². The van der Waals surface area contributed by atoms with Crippen molar-refractivity contribution in [1.82, 2.24) is 0 Å². The van der Waals surface area contributed by atoms with Crippen LogP contribution in [0.15, 0.2) is 0 Å². The second kappa shape index (κ2) is 46.8. The fourth-order valence-electron chi connectivity index (χ4n) is 8.13. The number of hydrogen-bond donors (Lipinski definition) is 0. The van der Waals surface area contributed by atoms with Crippen LogP contribution in [-0.4, -0.2) is 82.3 Å². The van der Waals surface area contributed by atoms with Crippen molar-refractivity contribution in [3.8, 4) is 0 Å². The van der Waals surface area contributed by atoms with Gasteiger partial charge in [-0.05, 0) is 12.8 Å². The van der Waals surface area contributed by atoms with Gasteiger partial charge in [0.15, 0.2) is 12.4 Å². The smallest absolute Gasteiger partial charge is 0.306 e. The molecule has 2 unspecified atom stereocenters. The summed E-state index contributed by atoms with van der Waals surface area (Å²) in [6, 6.07) is 0. The molecular formula is C54H105NO8. The van der Waals surface area contributed by atoms with E-state index in [4.69, 9.17) is 18.9 Å². The highest BCUT2D eigenvalue weighted by Gasteiger charge is 2.22. The van der Waals surface area contributed by atoms with Gasteiger partial charge in [-0.1, -0.05) is 245 Å². The zero-order valence-corrected chi connectivity index (χ0v) is 42.5. The van der Waals surface area contributed by atoms with E-state index < -0.39 is 24.3 Å². The SMILES string of the molecule is CCCCCCCCCCCCCCCCCCCCCCCCCCCCCC(=O)OC(COC(=O)CCCCCCCCCCCCC)COC(OCC[N+](C)(C)C)C(=O)[O-]. The first-order valence-corrected chi connectivity index (χ1v) is 27.2. The monoisotopic (exact) mass is 896 g/mol. The third-order valence-electron chi connectivity index (χ3n) is 12.4. The Morgan fingerprint density at radius 1 is 0.413 bits per heavy atom. The maximum Gasteiger partial charge on any atom is 0.306 e. The van der Waals surface area contributed by atoms with E-state index in [0.29, 0.717) is 17.4 Å². The minimum atomic E-state index is -1.61. The third-order valence-corrected chi connectivity index (χ3v) is 12.4. The number of carboxylic acids is 1. The maximum atomic E-state index is 12.8. The number of likely N-dealkylation sites (N-methyl/N-ethyl adjacent to an activating group) is 1. The Morgan fingerprint density at radius 3 is 1.02 bits per heavy atom. The van der Waals surface area contributed by atoms with Crippen LogP contribution < -0.4 is 5.11 Å². The summed E-state index contributed by atoms with van der Waals surface area (Å²) in [7, 11) is 5.93. The molecule has 0 bridgehead atoms. The van der Waals surface area contributed by atoms with E-state index in [0.717, 1.165) is 38.5 Å². The zero-order chi connectivity index (χ0) is 46.3. The van der Waals surface area contributed by atoms with E-state index in [-0.39, 0.29) is 32.2 Å². The van der Waals surface area contributed by atoms with Gasteiger partial charge in [-0.2, -0.15) is 0 Å². The number of aliphatic carboxylic acids is 1. The van der Waals surface area contributed by atoms with Crippen LogP contribution in [0.1, 0.15) is 271 Å². The molecule has 0 N–H and O–H groups in total. The zero-order valence-electron chi connectivity index (χ0n) is 42.5. The average Bonchev–Trinajstić information content (AvgIpc) is 3.24. The molecule has 0 spiro atoms. The van der Waals surface area contributed by atoms with E-state index in [9.17, 15) is 19.5 Å². The van der Waals surface area contributed by atoms with E-state index >= 15 is 0 Å². The second-order valence-corrected chi connectivity index (χ2v) is 19.9. The van der Waals surface area contributed by atoms with Crippen LogP contribution in [0.3, 0.4) is 0 Å². The lowest BCUT2D eigenvalue weighted by Gasteiger charge is -2.26. The van der Waals surface area contributed by atoms with E-state index in [2.05, 4.69) is 13.8 Å². The lowest BCUT2D eigenvalue weighted by atomic mass is 10.0. The van der Waals surface area contributed by atoms with Crippen LogP contribution in [0.4, 0.5) is 0 Å². The summed E-state index contributed by atoms with van der Waals surface area (Å²) >= 11 is 0. The van der Waals surface area contributed by atoms with Crippen molar-refractivity contribution in [2.75, 3.05) is 47.5 Å². The van der Waals surface area contributed by atoms with Crippen molar-refractivity contribution < 1.29 is 42.9 Å². The maximum absolute atomic E-state index is 12.8. The molecule has 0 aromatic heterocycles. The number of quaternary nitrogens is 1. The van der Waals surface area contributed by atoms with E-state index in [1.807, 2.05) is 21.1 Å². The molecule has 0 aliphatic carbocycles. The minimum Gasteiger partial charge on any atom is -0.545 e. The fraction of sp³-hybridized carbons (Fsp3) is 0.944. The summed E-state index contributed by atoms with van der Waals surface area (Å²) in [6.45, 7) is 4.78. The van der Waals surface area contributed by atoms with Crippen LogP contribution >= 0.6 is 0 Å². The predicted molar refractivity (Wildman–Crippen MR) is 260 cm³/mol. The van der Waals surface area contributed by atoms with Crippen molar-refractivity contribution in [1.29, 1.82) is 0 Å². The highest BCUT2D eigenvalue weighted by molar-refractivity contribution is 5.70. The third kappa shape index (κ3) is 48.1. The van der Waals surface area contributed by atoms with Gasteiger partial charge in [-0.3, -0.25) is 9.59 Å². The molecular weight excluding hydrogens is 791 g/mol. The van der Waals surface area contributed by atoms with Gasteiger partial charge in [0.05, 0.1) is 40.3 Å². The molecule has 0 saturated heterocycles. The average molecular weight is 896 g/mol. The van der Waals surface area contributed by atoms with Gasteiger partial charge in [0.2, 0.25) is 0 Å². The quantitative estimate of drug-likeness (QED) is 0.0257. The summed E-state index contributed by atoms with van der Waals surface area (Å²) in [4.78, 5) is 37.1. The second-order valence-electron chi connectivity index (χ2n) is 19.9. The van der Waals surface area contributed by atoms with E-state index in [1.165, 1.54) is 205 Å². The number of nitrogens with zero attached hydrogens (tertiary/aromatic N) is 1. The summed E-state index contributed by atoms with van der Waals surface area (Å²) < 4.78 is 22.6. The summed E-state index contributed by atoms with van der Waals surface area (Å²) in [5.41, 5.74) is 0. The molecule has 0 aliphatic heterocycles. The van der Waals surface area contributed by atoms with Crippen LogP contribution in [0.2, 0.25) is 0 Å². The number of carbonyl (C=O) groups excluding carboxylic acids is 3. The predicted octanol–water partition coefficient (Wildman–Crippen LogP) is 13.9. The van der Waals surface area contributed by atoms with Crippen molar-refractivity contribution in [2.24, 2.45) is 0 Å². The fourth-order valence-corrected chi connectivity index (χ4v) is 8.13. The molecule has 374 valence electrons. The first-order chi connectivity index (χ1) is 30.6. The Hall–Kier alpha value is -1.71. The molecule has 63 heavy (non-hydrogen) atoms. The number of rotatable bonds is 51. The van der Waals surface area contributed by atoms with Crippen LogP contribution in [0.25, 0.3) is 0 Å². The summed E-state index contributed by atoms with van der Waals surface area (Å²) in [5, 5.41) is 11.7. The van der Waals surface area contributed by atoms with Gasteiger partial charge in [0.1, 0.15) is 13.2 Å². The molecule has 0 rings (SSSR count).